The molecule has 0 spiro atoms. The van der Waals surface area contributed by atoms with Crippen molar-refractivity contribution >= 4 is 15.8 Å². The summed E-state index contributed by atoms with van der Waals surface area (Å²) in [6, 6.07) is 0. The molecule has 0 unspecified atom stereocenters. The van der Waals surface area contributed by atoms with E-state index in [9.17, 15) is 8.42 Å². The molecule has 1 aliphatic heterocycles. The molecule has 1 N–H and O–H groups in total. The van der Waals surface area contributed by atoms with Crippen LogP contribution in [0.3, 0.4) is 0 Å². The molecule has 0 amide bonds. The van der Waals surface area contributed by atoms with Crippen LogP contribution in [-0.2, 0) is 10.1 Å². The van der Waals surface area contributed by atoms with Gasteiger partial charge in [0.05, 0.1) is 5.54 Å². The van der Waals surface area contributed by atoms with E-state index in [2.05, 4.69) is 4.99 Å². The maximum Gasteiger partial charge on any atom is 0.270 e. The first-order valence-electron chi connectivity index (χ1n) is 3.81. The van der Waals surface area contributed by atoms with Crippen LogP contribution in [0, 0.1) is 0 Å². The zero-order chi connectivity index (χ0) is 9.41. The van der Waals surface area contributed by atoms with Crippen molar-refractivity contribution in [1.29, 1.82) is 0 Å². The van der Waals surface area contributed by atoms with Crippen molar-refractivity contribution in [1.82, 2.24) is 0 Å². The molecule has 0 saturated heterocycles. The molecule has 5 heteroatoms. The third-order valence-electron chi connectivity index (χ3n) is 1.84. The Kier molecular flexibility index (Phi) is 2.27. The average molecular weight is 191 g/mol. The maximum atomic E-state index is 10.5. The standard InChI is InChI=1S/C7H13NO3S/c1-7(2)4-3-6(8-7)5-12(9,10)11/h3-5H2,1-2H3,(H,9,10,11). The summed E-state index contributed by atoms with van der Waals surface area (Å²) in [7, 11) is -3.89. The van der Waals surface area contributed by atoms with Gasteiger partial charge in [0.1, 0.15) is 5.75 Å². The van der Waals surface area contributed by atoms with Gasteiger partial charge in [-0.1, -0.05) is 0 Å². The van der Waals surface area contributed by atoms with Crippen molar-refractivity contribution in [2.24, 2.45) is 4.99 Å². The number of aliphatic imine (C=N–C) groups is 1. The Morgan fingerprint density at radius 3 is 2.50 bits per heavy atom. The molecular formula is C7H13NO3S. The van der Waals surface area contributed by atoms with Crippen molar-refractivity contribution in [3.8, 4) is 0 Å². The van der Waals surface area contributed by atoms with E-state index in [1.54, 1.807) is 0 Å². The van der Waals surface area contributed by atoms with Crippen LogP contribution in [-0.4, -0.2) is 30.0 Å². The molecule has 0 aliphatic carbocycles. The molecule has 0 fully saturated rings. The van der Waals surface area contributed by atoms with Gasteiger partial charge >= 0.3 is 0 Å². The number of nitrogens with zero attached hydrogens (tertiary/aromatic N) is 1. The molecular weight excluding hydrogens is 178 g/mol. The van der Waals surface area contributed by atoms with Gasteiger partial charge in [0.15, 0.2) is 0 Å². The zero-order valence-corrected chi connectivity index (χ0v) is 8.06. The van der Waals surface area contributed by atoms with Gasteiger partial charge in [-0.05, 0) is 26.7 Å². The molecule has 1 heterocycles. The lowest BCUT2D eigenvalue weighted by Crippen LogP contribution is -2.13. The van der Waals surface area contributed by atoms with Gasteiger partial charge in [0, 0.05) is 5.71 Å². The van der Waals surface area contributed by atoms with Crippen LogP contribution in [0.15, 0.2) is 4.99 Å². The van der Waals surface area contributed by atoms with Crippen LogP contribution in [0.2, 0.25) is 0 Å². The number of rotatable bonds is 2. The molecule has 0 radical (unpaired) electrons. The Balaban J connectivity index is 2.69. The van der Waals surface area contributed by atoms with Crippen LogP contribution >= 0.6 is 0 Å². The monoisotopic (exact) mass is 191 g/mol. The molecule has 12 heavy (non-hydrogen) atoms. The van der Waals surface area contributed by atoms with Gasteiger partial charge in [-0.25, -0.2) is 0 Å². The molecule has 1 aliphatic rings. The minimum absolute atomic E-state index is 0.153. The molecule has 0 saturated carbocycles. The van der Waals surface area contributed by atoms with E-state index in [4.69, 9.17) is 4.55 Å². The van der Waals surface area contributed by atoms with Gasteiger partial charge in [0.25, 0.3) is 10.1 Å². The van der Waals surface area contributed by atoms with E-state index in [1.807, 2.05) is 13.8 Å². The highest BCUT2D eigenvalue weighted by Crippen LogP contribution is 2.24. The van der Waals surface area contributed by atoms with Crippen LogP contribution < -0.4 is 0 Å². The number of hydrogen-bond donors (Lipinski definition) is 1. The summed E-state index contributed by atoms with van der Waals surface area (Å²) >= 11 is 0. The smallest absolute Gasteiger partial charge is 0.270 e. The second-order valence-corrected chi connectivity index (χ2v) is 5.17. The first-order chi connectivity index (χ1) is 5.29. The summed E-state index contributed by atoms with van der Waals surface area (Å²) in [5.74, 6) is -0.309. The lowest BCUT2D eigenvalue weighted by molar-refractivity contribution is 0.487. The van der Waals surface area contributed by atoms with Crippen LogP contribution in [0.25, 0.3) is 0 Å². The molecule has 0 aromatic heterocycles. The van der Waals surface area contributed by atoms with Crippen molar-refractivity contribution in [3.63, 3.8) is 0 Å². The summed E-state index contributed by atoms with van der Waals surface area (Å²) in [5.41, 5.74) is 0.433. The average Bonchev–Trinajstić information content (AvgIpc) is 2.05. The molecule has 1 rings (SSSR count). The van der Waals surface area contributed by atoms with Crippen molar-refractivity contribution < 1.29 is 13.0 Å². The molecule has 0 atom stereocenters. The van der Waals surface area contributed by atoms with Crippen molar-refractivity contribution in [2.45, 2.75) is 32.2 Å². The third-order valence-corrected chi connectivity index (χ3v) is 2.53. The fourth-order valence-electron chi connectivity index (χ4n) is 1.31. The van der Waals surface area contributed by atoms with Crippen LogP contribution in [0.5, 0.6) is 0 Å². The Bertz CT molecular complexity index is 303. The molecule has 70 valence electrons. The summed E-state index contributed by atoms with van der Waals surface area (Å²) in [4.78, 5) is 4.18. The van der Waals surface area contributed by atoms with E-state index < -0.39 is 10.1 Å². The molecule has 4 nitrogen and oxygen atoms in total. The van der Waals surface area contributed by atoms with Crippen LogP contribution in [0.4, 0.5) is 0 Å². The predicted molar refractivity (Wildman–Crippen MR) is 47.2 cm³/mol. The Hall–Kier alpha value is -0.420. The minimum atomic E-state index is -3.89. The summed E-state index contributed by atoms with van der Waals surface area (Å²) in [6.45, 7) is 3.90. The predicted octanol–water partition coefficient (Wildman–Crippen LogP) is 0.888. The van der Waals surface area contributed by atoms with E-state index in [0.717, 1.165) is 6.42 Å². The SMILES string of the molecule is CC1(C)CCC(CS(=O)(=O)O)=N1. The highest BCUT2D eigenvalue weighted by molar-refractivity contribution is 7.86. The Morgan fingerprint density at radius 2 is 2.17 bits per heavy atom. The molecule has 0 aromatic rings. The fraction of sp³-hybridized carbons (Fsp3) is 0.857. The first-order valence-corrected chi connectivity index (χ1v) is 5.42. The summed E-state index contributed by atoms with van der Waals surface area (Å²) in [5, 5.41) is 0. The largest absolute Gasteiger partial charge is 0.287 e. The summed E-state index contributed by atoms with van der Waals surface area (Å²) < 4.78 is 29.5. The van der Waals surface area contributed by atoms with E-state index >= 15 is 0 Å². The highest BCUT2D eigenvalue weighted by atomic mass is 32.2. The molecule has 0 aromatic carbocycles. The first kappa shape index (κ1) is 9.67. The number of hydrogen-bond acceptors (Lipinski definition) is 3. The highest BCUT2D eigenvalue weighted by Gasteiger charge is 2.26. The third kappa shape index (κ3) is 2.91. The van der Waals surface area contributed by atoms with Crippen LogP contribution in [0.1, 0.15) is 26.7 Å². The lowest BCUT2D eigenvalue weighted by Gasteiger charge is -2.10. The van der Waals surface area contributed by atoms with Gasteiger partial charge in [-0.15, -0.1) is 0 Å². The fourth-order valence-corrected chi connectivity index (χ4v) is 1.94. The van der Waals surface area contributed by atoms with E-state index in [-0.39, 0.29) is 11.3 Å². The zero-order valence-electron chi connectivity index (χ0n) is 7.24. The normalized spacial score (nSPS) is 22.4. The van der Waals surface area contributed by atoms with Gasteiger partial charge in [-0.3, -0.25) is 9.55 Å². The second-order valence-electron chi connectivity index (χ2n) is 3.72. The maximum absolute atomic E-state index is 10.5. The quantitative estimate of drug-likeness (QED) is 0.659. The summed E-state index contributed by atoms with van der Waals surface area (Å²) in [6.07, 6.45) is 1.53. The van der Waals surface area contributed by atoms with Gasteiger partial charge in [-0.2, -0.15) is 8.42 Å². The Morgan fingerprint density at radius 1 is 1.58 bits per heavy atom. The molecule has 0 bridgehead atoms. The van der Waals surface area contributed by atoms with Gasteiger partial charge in [0.2, 0.25) is 0 Å². The lowest BCUT2D eigenvalue weighted by atomic mass is 10.0. The Labute approximate surface area is 72.4 Å². The van der Waals surface area contributed by atoms with E-state index in [1.165, 1.54) is 0 Å². The second kappa shape index (κ2) is 2.81. The van der Waals surface area contributed by atoms with Crippen molar-refractivity contribution in [2.75, 3.05) is 5.75 Å². The van der Waals surface area contributed by atoms with Gasteiger partial charge < -0.3 is 0 Å². The topological polar surface area (TPSA) is 66.7 Å². The minimum Gasteiger partial charge on any atom is -0.287 e. The van der Waals surface area contributed by atoms with E-state index in [0.29, 0.717) is 12.1 Å². The van der Waals surface area contributed by atoms with Crippen molar-refractivity contribution in [3.05, 3.63) is 0 Å².